The van der Waals surface area contributed by atoms with Gasteiger partial charge >= 0.3 is 0 Å². The Kier molecular flexibility index (Phi) is 6.54. The van der Waals surface area contributed by atoms with Gasteiger partial charge in [0.1, 0.15) is 5.82 Å². The predicted octanol–water partition coefficient (Wildman–Crippen LogP) is 5.07. The number of hydrogen-bond donors (Lipinski definition) is 0. The fourth-order valence-corrected chi connectivity index (χ4v) is 4.30. The van der Waals surface area contributed by atoms with E-state index in [0.29, 0.717) is 13.1 Å². The van der Waals surface area contributed by atoms with Gasteiger partial charge < -0.3 is 9.80 Å². The fourth-order valence-electron chi connectivity index (χ4n) is 4.30. The van der Waals surface area contributed by atoms with Gasteiger partial charge in [-0.2, -0.15) is 0 Å². The van der Waals surface area contributed by atoms with E-state index in [1.165, 1.54) is 0 Å². The van der Waals surface area contributed by atoms with Crippen LogP contribution in [0.5, 0.6) is 0 Å². The Bertz CT molecular complexity index is 1070. The Morgan fingerprint density at radius 3 is 2.31 bits per heavy atom. The van der Waals surface area contributed by atoms with Crippen LogP contribution in [0.3, 0.4) is 0 Å². The van der Waals surface area contributed by atoms with Crippen molar-refractivity contribution in [3.05, 3.63) is 77.5 Å². The van der Waals surface area contributed by atoms with Crippen LogP contribution in [-0.4, -0.2) is 40.4 Å². The molecule has 0 unspecified atom stereocenters. The molecule has 5 nitrogen and oxygen atoms in total. The highest BCUT2D eigenvalue weighted by molar-refractivity contribution is 5.84. The van der Waals surface area contributed by atoms with E-state index in [1.807, 2.05) is 53.4 Å². The Balaban J connectivity index is 1.69. The van der Waals surface area contributed by atoms with Crippen LogP contribution in [0.15, 0.2) is 60.7 Å². The second-order valence-electron chi connectivity index (χ2n) is 8.75. The number of hydrogen-bond acceptors (Lipinski definition) is 4. The zero-order chi connectivity index (χ0) is 22.7. The summed E-state index contributed by atoms with van der Waals surface area (Å²) in [6.45, 7) is 7.64. The second kappa shape index (κ2) is 9.51. The molecule has 4 rings (SSSR count). The van der Waals surface area contributed by atoms with E-state index in [-0.39, 0.29) is 17.9 Å². The molecule has 0 bridgehead atoms. The number of carbonyl (C=O) groups is 1. The summed E-state index contributed by atoms with van der Waals surface area (Å²) < 4.78 is 0. The molecule has 0 radical (unpaired) electrons. The molecule has 1 aliphatic rings. The van der Waals surface area contributed by atoms with E-state index in [4.69, 9.17) is 9.97 Å². The van der Waals surface area contributed by atoms with Crippen LogP contribution in [0.4, 0.5) is 5.82 Å². The summed E-state index contributed by atoms with van der Waals surface area (Å²) >= 11 is 0. The highest BCUT2D eigenvalue weighted by Gasteiger charge is 2.31. The molecule has 0 aliphatic carbocycles. The molecule has 5 heteroatoms. The van der Waals surface area contributed by atoms with Gasteiger partial charge in [0.15, 0.2) is 5.82 Å². The first kappa shape index (κ1) is 22.0. The first-order valence-corrected chi connectivity index (χ1v) is 11.5. The molecule has 0 saturated carbocycles. The average Bonchev–Trinajstić information content (AvgIpc) is 2.84. The molecule has 2 heterocycles. The van der Waals surface area contributed by atoms with Crippen LogP contribution >= 0.6 is 0 Å². The third-order valence-corrected chi connectivity index (χ3v) is 6.40. The van der Waals surface area contributed by atoms with Crippen LogP contribution in [0.1, 0.15) is 49.9 Å². The molecular formula is C27H32N4O. The minimum absolute atomic E-state index is 0.117. The van der Waals surface area contributed by atoms with Gasteiger partial charge in [-0.1, -0.05) is 67.6 Å². The van der Waals surface area contributed by atoms with E-state index in [2.05, 4.69) is 44.9 Å². The van der Waals surface area contributed by atoms with Crippen LogP contribution in [0.25, 0.3) is 11.4 Å². The maximum Gasteiger partial charge on any atom is 0.230 e. The smallest absolute Gasteiger partial charge is 0.230 e. The second-order valence-corrected chi connectivity index (χ2v) is 8.75. The molecule has 0 spiro atoms. The van der Waals surface area contributed by atoms with Gasteiger partial charge in [-0.25, -0.2) is 9.97 Å². The molecule has 32 heavy (non-hydrogen) atoms. The topological polar surface area (TPSA) is 49.3 Å². The molecule has 3 aromatic rings. The van der Waals surface area contributed by atoms with Crippen LogP contribution in [-0.2, 0) is 17.8 Å². The lowest BCUT2D eigenvalue weighted by atomic mass is 9.93. The standard InChI is InChI=1S/C27H32N4O/c1-5-22(20-12-8-6-9-13-20)27(32)31-17-16-24-23(18-31)26(30(4)19(2)3)29-25(28-24)21-14-10-7-11-15-21/h6-15,19,22H,5,16-18H2,1-4H3/t22-/m1/s1. The Morgan fingerprint density at radius 2 is 1.69 bits per heavy atom. The number of amides is 1. The van der Waals surface area contributed by atoms with Gasteiger partial charge in [-0.05, 0) is 25.8 Å². The average molecular weight is 429 g/mol. The lowest BCUT2D eigenvalue weighted by molar-refractivity contribution is -0.133. The van der Waals surface area contributed by atoms with E-state index in [9.17, 15) is 4.79 Å². The van der Waals surface area contributed by atoms with E-state index in [1.54, 1.807) is 0 Å². The number of nitrogens with zero attached hydrogens (tertiary/aromatic N) is 4. The highest BCUT2D eigenvalue weighted by atomic mass is 16.2. The number of anilines is 1. The fraction of sp³-hybridized carbons (Fsp3) is 0.370. The summed E-state index contributed by atoms with van der Waals surface area (Å²) in [6.07, 6.45) is 1.53. The molecule has 1 aliphatic heterocycles. The summed E-state index contributed by atoms with van der Waals surface area (Å²) in [6, 6.07) is 20.5. The molecular weight excluding hydrogens is 396 g/mol. The van der Waals surface area contributed by atoms with Gasteiger partial charge in [-0.15, -0.1) is 0 Å². The van der Waals surface area contributed by atoms with Crippen molar-refractivity contribution in [2.45, 2.75) is 52.1 Å². The normalized spacial score (nSPS) is 14.2. The molecule has 2 aromatic carbocycles. The Morgan fingerprint density at radius 1 is 1.03 bits per heavy atom. The van der Waals surface area contributed by atoms with Crippen molar-refractivity contribution in [3.63, 3.8) is 0 Å². The van der Waals surface area contributed by atoms with E-state index in [0.717, 1.165) is 46.9 Å². The van der Waals surface area contributed by atoms with Crippen molar-refractivity contribution in [3.8, 4) is 11.4 Å². The monoisotopic (exact) mass is 428 g/mol. The molecule has 166 valence electrons. The van der Waals surface area contributed by atoms with Crippen LogP contribution in [0, 0.1) is 0 Å². The van der Waals surface area contributed by atoms with Crippen molar-refractivity contribution < 1.29 is 4.79 Å². The molecule has 1 aromatic heterocycles. The lowest BCUT2D eigenvalue weighted by Gasteiger charge is -2.34. The number of aromatic nitrogens is 2. The first-order chi connectivity index (χ1) is 15.5. The highest BCUT2D eigenvalue weighted by Crippen LogP contribution is 2.32. The zero-order valence-corrected chi connectivity index (χ0v) is 19.5. The SMILES string of the molecule is CC[C@@H](C(=O)N1CCc2nc(-c3ccccc3)nc(N(C)C(C)C)c2C1)c1ccccc1. The first-order valence-electron chi connectivity index (χ1n) is 11.5. The zero-order valence-electron chi connectivity index (χ0n) is 19.5. The van der Waals surface area contributed by atoms with Crippen molar-refractivity contribution >= 4 is 11.7 Å². The number of benzene rings is 2. The van der Waals surface area contributed by atoms with Crippen molar-refractivity contribution in [1.29, 1.82) is 0 Å². The number of carbonyl (C=O) groups excluding carboxylic acids is 1. The van der Waals surface area contributed by atoms with Crippen molar-refractivity contribution in [2.24, 2.45) is 0 Å². The lowest BCUT2D eigenvalue weighted by Crippen LogP contribution is -2.40. The Hall–Kier alpha value is -3.21. The number of fused-ring (bicyclic) bond motifs is 1. The summed E-state index contributed by atoms with van der Waals surface area (Å²) in [5.74, 6) is 1.75. The van der Waals surface area contributed by atoms with Gasteiger partial charge in [0.2, 0.25) is 5.91 Å². The molecule has 1 amide bonds. The van der Waals surface area contributed by atoms with Crippen molar-refractivity contribution in [2.75, 3.05) is 18.5 Å². The van der Waals surface area contributed by atoms with Crippen LogP contribution in [0.2, 0.25) is 0 Å². The van der Waals surface area contributed by atoms with Gasteiger partial charge in [0.25, 0.3) is 0 Å². The Labute approximate surface area is 191 Å². The third-order valence-electron chi connectivity index (χ3n) is 6.40. The largest absolute Gasteiger partial charge is 0.357 e. The van der Waals surface area contributed by atoms with E-state index < -0.39 is 0 Å². The summed E-state index contributed by atoms with van der Waals surface area (Å²) in [5.41, 5.74) is 4.23. The van der Waals surface area contributed by atoms with E-state index >= 15 is 0 Å². The number of rotatable bonds is 6. The summed E-state index contributed by atoms with van der Waals surface area (Å²) in [4.78, 5) is 27.6. The molecule has 0 N–H and O–H groups in total. The maximum atomic E-state index is 13.5. The third kappa shape index (κ3) is 4.38. The van der Waals surface area contributed by atoms with Gasteiger partial charge in [-0.3, -0.25) is 4.79 Å². The van der Waals surface area contributed by atoms with Crippen molar-refractivity contribution in [1.82, 2.24) is 14.9 Å². The van der Waals surface area contributed by atoms with Gasteiger partial charge in [0.05, 0.1) is 18.2 Å². The molecule has 0 saturated heterocycles. The quantitative estimate of drug-likeness (QED) is 0.550. The maximum absolute atomic E-state index is 13.5. The van der Waals surface area contributed by atoms with Crippen LogP contribution < -0.4 is 4.90 Å². The predicted molar refractivity (Wildman–Crippen MR) is 130 cm³/mol. The molecule has 0 fully saturated rings. The summed E-state index contributed by atoms with van der Waals surface area (Å²) in [7, 11) is 2.07. The minimum Gasteiger partial charge on any atom is -0.357 e. The summed E-state index contributed by atoms with van der Waals surface area (Å²) in [5, 5.41) is 0. The molecule has 1 atom stereocenters. The van der Waals surface area contributed by atoms with Gasteiger partial charge in [0, 0.05) is 37.2 Å². The minimum atomic E-state index is -0.117.